The van der Waals surface area contributed by atoms with E-state index in [2.05, 4.69) is 26.6 Å². The van der Waals surface area contributed by atoms with Crippen LogP contribution in [0.4, 0.5) is 19.2 Å². The van der Waals surface area contributed by atoms with Crippen LogP contribution in [0, 0.1) is 11.8 Å². The van der Waals surface area contributed by atoms with Crippen LogP contribution in [0.25, 0.3) is 0 Å². The lowest BCUT2D eigenvalue weighted by Gasteiger charge is -2.37. The number of carbonyl (C=O) groups excluding carboxylic acids is 15. The molecular formula is C103H175N11O24. The van der Waals surface area contributed by atoms with Crippen molar-refractivity contribution in [3.8, 4) is 0 Å². The first-order chi connectivity index (χ1) is 63.0. The quantitative estimate of drug-likeness (QED) is 0.0222. The molecule has 1 aromatic carbocycles. The number of benzene rings is 1. The standard InChI is InChI=1S/C103H175N11O24/c1-31-69-72(36-34-67(115)56-65-59-112(61-75(65)104)89(127)109-101(47-38-79(117)130-92(4,5)6,48-39-80(118)131-93(7,8)9)49-40-81(119)132-94(10,11)12)70(32-2)74(58-107-88(126)108-78-64-114(63-77(78)106)91(129)111-103(53-44-85(123)136-98(22,23)24,54-45-86(124)137-99(25,26)27)55-46-87(125)138-100(28,29)30)71(33-3)73(69)37-35-68(116)57-66-60-113(62-76(66)105)90(128)110-102(50-41-82(120)133-95(13,14)15,51-42-83(121)134-96(16,17)18)52-43-84(122)135-97(19,20)21/h65-66,75-78H,31-64,104-106H2,1-30H3,(H,109,127)(H,110,128)(H,111,129)(H2,107,108,126)/t65-,66-,75-,76-,77-,78-/m1/s1. The number of likely N-dealkylation sites (tertiary alicyclic amines) is 3. The first-order valence-corrected chi connectivity index (χ1v) is 49.7. The highest BCUT2D eigenvalue weighted by atomic mass is 16.6. The maximum atomic E-state index is 14.9. The number of Topliss-reactive ketones (excluding diaryl/α,β-unsaturated/α-hetero) is 2. The van der Waals surface area contributed by atoms with Gasteiger partial charge in [0.15, 0.2) is 0 Å². The fourth-order valence-electron chi connectivity index (χ4n) is 17.8. The molecule has 3 heterocycles. The molecule has 4 rings (SSSR count). The van der Waals surface area contributed by atoms with Gasteiger partial charge in [-0.15, -0.1) is 0 Å². The maximum Gasteiger partial charge on any atom is 0.317 e. The topological polar surface area (TPSA) is 487 Å². The summed E-state index contributed by atoms with van der Waals surface area (Å²) < 4.78 is 51.2. The number of ketones is 2. The summed E-state index contributed by atoms with van der Waals surface area (Å²) in [6, 6.07) is -5.45. The molecule has 8 amide bonds. The zero-order valence-corrected chi connectivity index (χ0v) is 89.4. The number of nitrogens with two attached hydrogens (primary N) is 3. The Bertz CT molecular complexity index is 3660. The molecule has 138 heavy (non-hydrogen) atoms. The Morgan fingerprint density at radius 1 is 0.275 bits per heavy atom. The molecule has 3 aliphatic heterocycles. The van der Waals surface area contributed by atoms with Crippen LogP contribution in [0.2, 0.25) is 0 Å². The fraction of sp³-hybridized carbons (Fsp3) is 0.796. The van der Waals surface area contributed by atoms with E-state index in [0.29, 0.717) is 19.3 Å². The average Bonchev–Trinajstić information content (AvgIpc) is 0.890. The van der Waals surface area contributed by atoms with Crippen LogP contribution in [0.1, 0.15) is 382 Å². The van der Waals surface area contributed by atoms with Gasteiger partial charge in [-0.05, 0) is 310 Å². The van der Waals surface area contributed by atoms with Crippen molar-refractivity contribution in [2.24, 2.45) is 29.0 Å². The maximum absolute atomic E-state index is 14.9. The van der Waals surface area contributed by atoms with Crippen LogP contribution in [-0.4, -0.2) is 235 Å². The first-order valence-electron chi connectivity index (χ1n) is 49.7. The van der Waals surface area contributed by atoms with Gasteiger partial charge >= 0.3 is 77.8 Å². The van der Waals surface area contributed by atoms with E-state index in [0.717, 1.165) is 33.4 Å². The van der Waals surface area contributed by atoms with E-state index in [4.69, 9.17) is 59.8 Å². The number of hydrogen-bond acceptors (Lipinski definition) is 27. The van der Waals surface area contributed by atoms with Crippen LogP contribution in [0.5, 0.6) is 0 Å². The molecule has 35 heteroatoms. The SMILES string of the molecule is CCc1c(CCC(=O)C[C@@H]2CN(C(=O)NC(CCC(=O)OC(C)(C)C)(CCC(=O)OC(C)(C)C)CCC(=O)OC(C)(C)C)C[C@H]2N)c(CC)c(CNC(=O)N[C@@H]2CN(C(=O)NC(CCC(=O)OC(C)(C)C)(CCC(=O)OC(C)(C)C)CCC(=O)OC(C)(C)C)C[C@H]2N)c(CC)c1CCC(=O)C[C@@H]1CN(C(=O)NC(CCC(=O)OC(C)(C)C)(CCC(=O)OC(C)(C)C)CCC(=O)OC(C)(C)C)C[C@H]1N. The smallest absolute Gasteiger partial charge is 0.317 e. The van der Waals surface area contributed by atoms with Gasteiger partial charge in [-0.1, -0.05) is 20.8 Å². The van der Waals surface area contributed by atoms with E-state index >= 15 is 0 Å². The van der Waals surface area contributed by atoms with E-state index in [9.17, 15) is 71.9 Å². The summed E-state index contributed by atoms with van der Waals surface area (Å²) >= 11 is 0. The second-order valence-corrected chi connectivity index (χ2v) is 47.0. The predicted octanol–water partition coefficient (Wildman–Crippen LogP) is 13.9. The number of esters is 9. The molecule has 3 saturated heterocycles. The Kier molecular flexibility index (Phi) is 44.7. The summed E-state index contributed by atoms with van der Waals surface area (Å²) in [6.45, 7) is 52.6. The molecule has 0 aromatic heterocycles. The Morgan fingerprint density at radius 2 is 0.478 bits per heavy atom. The summed E-state index contributed by atoms with van der Waals surface area (Å²) in [4.78, 5) is 215. The Balaban J connectivity index is 1.80. The number of ether oxygens (including phenoxy) is 9. The van der Waals surface area contributed by atoms with Crippen molar-refractivity contribution in [2.45, 2.75) is 479 Å². The number of urea groups is 4. The van der Waals surface area contributed by atoms with Crippen molar-refractivity contribution in [2.75, 3.05) is 39.3 Å². The fourth-order valence-corrected chi connectivity index (χ4v) is 17.8. The van der Waals surface area contributed by atoms with Gasteiger partial charge in [0, 0.05) is 176 Å². The molecule has 0 saturated carbocycles. The lowest BCUT2D eigenvalue weighted by atomic mass is 9.79. The van der Waals surface area contributed by atoms with Crippen LogP contribution < -0.4 is 43.8 Å². The molecule has 35 nitrogen and oxygen atoms in total. The number of rotatable bonds is 46. The number of carbonyl (C=O) groups is 15. The van der Waals surface area contributed by atoms with Crippen LogP contribution >= 0.6 is 0 Å². The molecule has 786 valence electrons. The van der Waals surface area contributed by atoms with Gasteiger partial charge in [0.1, 0.15) is 62.0 Å². The lowest BCUT2D eigenvalue weighted by Crippen LogP contribution is -2.54. The number of nitrogens with one attached hydrogen (secondary N) is 5. The molecule has 3 aliphatic rings. The molecule has 0 aliphatic carbocycles. The van der Waals surface area contributed by atoms with Crippen LogP contribution in [0.3, 0.4) is 0 Å². The number of nitrogens with zero attached hydrogens (tertiary/aromatic N) is 3. The van der Waals surface area contributed by atoms with Crippen molar-refractivity contribution in [1.29, 1.82) is 0 Å². The van der Waals surface area contributed by atoms with E-state index in [1.54, 1.807) is 187 Å². The van der Waals surface area contributed by atoms with E-state index in [1.807, 2.05) is 20.8 Å². The third kappa shape index (κ3) is 45.6. The summed E-state index contributed by atoms with van der Waals surface area (Å²) in [5, 5.41) is 15.5. The van der Waals surface area contributed by atoms with Gasteiger partial charge in [-0.3, -0.25) is 52.7 Å². The molecule has 6 atom stereocenters. The largest absolute Gasteiger partial charge is 0.460 e. The van der Waals surface area contributed by atoms with Crippen LogP contribution in [-0.2, 0) is 134 Å². The van der Waals surface area contributed by atoms with Crippen molar-refractivity contribution in [3.63, 3.8) is 0 Å². The summed E-state index contributed by atoms with van der Waals surface area (Å²) in [5.41, 5.74) is 14.0. The van der Waals surface area contributed by atoms with Crippen molar-refractivity contribution < 1.29 is 115 Å². The van der Waals surface area contributed by atoms with E-state index < -0.39 is 181 Å². The molecular weight excluding hydrogens is 1780 g/mol. The molecule has 0 unspecified atom stereocenters. The zero-order chi connectivity index (χ0) is 105. The molecule has 1 aromatic rings. The number of hydrogen-bond donors (Lipinski definition) is 8. The summed E-state index contributed by atoms with van der Waals surface area (Å²) in [7, 11) is 0. The second-order valence-electron chi connectivity index (χ2n) is 47.0. The molecule has 0 spiro atoms. The minimum atomic E-state index is -1.39. The van der Waals surface area contributed by atoms with Gasteiger partial charge in [-0.2, -0.15) is 0 Å². The third-order valence-corrected chi connectivity index (χ3v) is 23.7. The molecule has 11 N–H and O–H groups in total. The average molecular weight is 1950 g/mol. The third-order valence-electron chi connectivity index (χ3n) is 23.7. The second kappa shape index (κ2) is 50.9. The number of amides is 8. The van der Waals surface area contributed by atoms with Gasteiger partial charge < -0.3 is 101 Å². The highest BCUT2D eigenvalue weighted by Crippen LogP contribution is 2.38. The zero-order valence-electron chi connectivity index (χ0n) is 89.4. The lowest BCUT2D eigenvalue weighted by molar-refractivity contribution is -0.158. The van der Waals surface area contributed by atoms with Crippen LogP contribution in [0.15, 0.2) is 0 Å². The van der Waals surface area contributed by atoms with Crippen molar-refractivity contribution >= 4 is 89.4 Å². The van der Waals surface area contributed by atoms with Gasteiger partial charge in [0.05, 0.1) is 6.04 Å². The van der Waals surface area contributed by atoms with Gasteiger partial charge in [0.2, 0.25) is 0 Å². The minimum absolute atomic E-state index is 0.0136. The monoisotopic (exact) mass is 1950 g/mol. The highest BCUT2D eigenvalue weighted by molar-refractivity contribution is 5.83. The van der Waals surface area contributed by atoms with E-state index in [-0.39, 0.29) is 211 Å². The summed E-state index contributed by atoms with van der Waals surface area (Å²) in [6.07, 6.45) is -0.348. The normalized spacial score (nSPS) is 17.6. The Labute approximate surface area is 821 Å². The van der Waals surface area contributed by atoms with Crippen molar-refractivity contribution in [3.05, 3.63) is 33.4 Å². The highest BCUT2D eigenvalue weighted by Gasteiger charge is 2.46. The Morgan fingerprint density at radius 3 is 0.688 bits per heavy atom. The Hall–Kier alpha value is -9.25. The first kappa shape index (κ1) is 121. The van der Waals surface area contributed by atoms with E-state index in [1.165, 1.54) is 14.7 Å². The summed E-state index contributed by atoms with van der Waals surface area (Å²) in [5.74, 6) is -6.47. The van der Waals surface area contributed by atoms with Crippen molar-refractivity contribution in [1.82, 2.24) is 41.3 Å². The van der Waals surface area contributed by atoms with Gasteiger partial charge in [0.25, 0.3) is 0 Å². The molecule has 3 fully saturated rings. The predicted molar refractivity (Wildman–Crippen MR) is 525 cm³/mol. The molecule has 0 bridgehead atoms. The van der Waals surface area contributed by atoms with Gasteiger partial charge in [-0.25, -0.2) is 19.2 Å². The molecule has 0 radical (unpaired) electrons. The minimum Gasteiger partial charge on any atom is -0.460 e.